The third-order valence-corrected chi connectivity index (χ3v) is 17.5. The summed E-state index contributed by atoms with van der Waals surface area (Å²) in [7, 11) is -6.97. The molecular formula is C42H42Br2Cl2N6O4S4. The summed E-state index contributed by atoms with van der Waals surface area (Å²) in [6, 6.07) is 25.7. The fraction of sp³-hybridized carbons (Fsp3) is 0.286. The number of nitrogens with zero attached hydrogens (tertiary/aromatic N) is 6. The predicted molar refractivity (Wildman–Crippen MR) is 252 cm³/mol. The molecule has 0 bridgehead atoms. The third-order valence-electron chi connectivity index (χ3n) is 10.2. The van der Waals surface area contributed by atoms with Gasteiger partial charge in [-0.15, -0.1) is 22.7 Å². The fourth-order valence-electron chi connectivity index (χ4n) is 6.88. The van der Waals surface area contributed by atoms with E-state index in [4.69, 9.17) is 33.2 Å². The second-order valence-corrected chi connectivity index (χ2v) is 22.7. The van der Waals surface area contributed by atoms with Crippen molar-refractivity contribution in [3.8, 4) is 0 Å². The predicted octanol–water partition coefficient (Wildman–Crippen LogP) is 9.94. The molecular weight excluding hydrogens is 1010 g/mol. The van der Waals surface area contributed by atoms with Gasteiger partial charge in [0.05, 0.1) is 21.2 Å². The average molecular weight is 1050 g/mol. The first-order valence-electron chi connectivity index (χ1n) is 19.1. The van der Waals surface area contributed by atoms with Crippen molar-refractivity contribution in [2.24, 2.45) is 0 Å². The van der Waals surface area contributed by atoms with Crippen LogP contribution in [0.25, 0.3) is 0 Å². The third kappa shape index (κ3) is 11.0. The lowest BCUT2D eigenvalue weighted by Gasteiger charge is -2.33. The minimum atomic E-state index is -3.50. The Hall–Kier alpha value is -2.90. The molecule has 4 heterocycles. The van der Waals surface area contributed by atoms with Gasteiger partial charge in [0.25, 0.3) is 0 Å². The van der Waals surface area contributed by atoms with E-state index in [1.165, 1.54) is 21.0 Å². The number of aromatic nitrogens is 2. The first-order valence-corrected chi connectivity index (χ1v) is 26.0. The number of anilines is 2. The van der Waals surface area contributed by atoms with Crippen LogP contribution in [-0.2, 0) is 32.9 Å². The minimum Gasteiger partial charge on any atom is -0.345 e. The van der Waals surface area contributed by atoms with Crippen molar-refractivity contribution in [3.05, 3.63) is 148 Å². The maximum absolute atomic E-state index is 12.9. The molecule has 2 aliphatic heterocycles. The van der Waals surface area contributed by atoms with Crippen LogP contribution in [0.4, 0.5) is 10.3 Å². The summed E-state index contributed by atoms with van der Waals surface area (Å²) in [5.74, 6) is 0. The molecule has 6 aromatic rings. The molecule has 316 valence electrons. The first-order chi connectivity index (χ1) is 28.6. The van der Waals surface area contributed by atoms with E-state index < -0.39 is 20.0 Å². The monoisotopic (exact) mass is 1050 g/mol. The highest BCUT2D eigenvalue weighted by molar-refractivity contribution is 9.10. The normalized spacial score (nSPS) is 15.5. The summed E-state index contributed by atoms with van der Waals surface area (Å²) in [6.07, 6.45) is 1.45. The van der Waals surface area contributed by atoms with Crippen molar-refractivity contribution in [3.63, 3.8) is 0 Å². The van der Waals surface area contributed by atoms with Gasteiger partial charge in [0.2, 0.25) is 20.0 Å². The van der Waals surface area contributed by atoms with E-state index in [0.29, 0.717) is 78.6 Å². The number of halogens is 4. The van der Waals surface area contributed by atoms with Gasteiger partial charge in [-0.25, -0.2) is 26.8 Å². The molecule has 0 unspecified atom stereocenters. The van der Waals surface area contributed by atoms with E-state index in [-0.39, 0.29) is 0 Å². The molecule has 2 fully saturated rings. The van der Waals surface area contributed by atoms with Crippen LogP contribution in [0.1, 0.15) is 33.6 Å². The molecule has 2 aliphatic rings. The van der Waals surface area contributed by atoms with Crippen LogP contribution >= 0.6 is 77.7 Å². The largest absolute Gasteiger partial charge is 0.345 e. The first kappa shape index (κ1) is 45.1. The number of sulfonamides is 2. The zero-order valence-electron chi connectivity index (χ0n) is 32.8. The highest BCUT2D eigenvalue weighted by Crippen LogP contribution is 2.30. The molecule has 0 radical (unpaired) electrons. The Morgan fingerprint density at radius 1 is 0.600 bits per heavy atom. The quantitative estimate of drug-likeness (QED) is 0.134. The maximum atomic E-state index is 12.9. The van der Waals surface area contributed by atoms with E-state index in [0.717, 1.165) is 42.6 Å². The molecule has 0 spiro atoms. The van der Waals surface area contributed by atoms with Crippen LogP contribution in [0.15, 0.2) is 114 Å². The number of hydrogen-bond acceptors (Lipinski definition) is 10. The van der Waals surface area contributed by atoms with Gasteiger partial charge in [0.15, 0.2) is 10.3 Å². The van der Waals surface area contributed by atoms with Crippen molar-refractivity contribution < 1.29 is 16.8 Å². The van der Waals surface area contributed by atoms with Gasteiger partial charge < -0.3 is 9.80 Å². The van der Waals surface area contributed by atoms with Crippen LogP contribution in [0.5, 0.6) is 0 Å². The van der Waals surface area contributed by atoms with Crippen LogP contribution < -0.4 is 9.80 Å². The van der Waals surface area contributed by atoms with Gasteiger partial charge in [-0.05, 0) is 79.1 Å². The highest BCUT2D eigenvalue weighted by atomic mass is 79.9. The molecule has 0 atom stereocenters. The Labute approximate surface area is 387 Å². The van der Waals surface area contributed by atoms with Crippen molar-refractivity contribution in [2.75, 3.05) is 62.2 Å². The van der Waals surface area contributed by atoms with Gasteiger partial charge in [-0.3, -0.25) is 0 Å². The topological polar surface area (TPSA) is 107 Å². The Kier molecular flexibility index (Phi) is 14.8. The van der Waals surface area contributed by atoms with Gasteiger partial charge in [-0.2, -0.15) is 8.61 Å². The van der Waals surface area contributed by atoms with E-state index in [1.54, 1.807) is 69.4 Å². The number of piperazine rings is 2. The average Bonchev–Trinajstić information content (AvgIpc) is 3.91. The van der Waals surface area contributed by atoms with E-state index in [2.05, 4.69) is 79.1 Å². The van der Waals surface area contributed by atoms with E-state index in [9.17, 15) is 16.8 Å². The lowest BCUT2D eigenvalue weighted by atomic mass is 10.0. The minimum absolute atomic E-state index is 0.307. The lowest BCUT2D eigenvalue weighted by molar-refractivity contribution is 0.384. The Balaban J connectivity index is 0.000000181. The number of hydrogen-bond donors (Lipinski definition) is 0. The molecule has 0 N–H and O–H groups in total. The number of benzene rings is 4. The van der Waals surface area contributed by atoms with Gasteiger partial charge in [-0.1, -0.05) is 97.0 Å². The summed E-state index contributed by atoms with van der Waals surface area (Å²) < 4.78 is 56.3. The standard InChI is InChI=1S/C22H24BrN3O2S2.C20H18BrCl2N3O2S2/c1-16-6-7-17(2)18(12-16)13-20-15-29-22(24-20)25-8-10-26(11-9-25)30(27,28)21-5-3-4-19(23)14-21;21-15-2-1-3-18(11-15)30(27,28)26-8-6-25(7-9-26)20-24-17(13-29-20)10-14-4-5-16(22)12-19(14)23/h3-7,12,14-15H,8-11,13H2,1-2H3;1-5,11-13H,6-10H2. The van der Waals surface area contributed by atoms with Crippen molar-refractivity contribution >= 4 is 108 Å². The molecule has 0 amide bonds. The zero-order chi connectivity index (χ0) is 42.6. The lowest BCUT2D eigenvalue weighted by Crippen LogP contribution is -2.48. The van der Waals surface area contributed by atoms with Crippen LogP contribution in [0.3, 0.4) is 0 Å². The molecule has 4 aromatic carbocycles. The van der Waals surface area contributed by atoms with Crippen molar-refractivity contribution in [2.45, 2.75) is 36.5 Å². The zero-order valence-corrected chi connectivity index (χ0v) is 40.7. The summed E-state index contributed by atoms with van der Waals surface area (Å²) >= 11 is 22.1. The Morgan fingerprint density at radius 3 is 1.55 bits per heavy atom. The molecule has 18 heteroatoms. The molecule has 0 aliphatic carbocycles. The van der Waals surface area contributed by atoms with Gasteiger partial charge >= 0.3 is 0 Å². The van der Waals surface area contributed by atoms with Crippen LogP contribution in [0, 0.1) is 13.8 Å². The molecule has 10 nitrogen and oxygen atoms in total. The Bertz CT molecular complexity index is 2680. The highest BCUT2D eigenvalue weighted by Gasteiger charge is 2.31. The smallest absolute Gasteiger partial charge is 0.243 e. The SMILES string of the molecule is Cc1ccc(C)c(Cc2csc(N3CCN(S(=O)(=O)c4cccc(Br)c4)CC3)n2)c1.O=S(=O)(c1cccc(Br)c1)N1CCN(c2nc(Cc3ccc(Cl)cc3Cl)cs2)CC1. The molecule has 2 aromatic heterocycles. The van der Waals surface area contributed by atoms with Crippen molar-refractivity contribution in [1.29, 1.82) is 0 Å². The maximum Gasteiger partial charge on any atom is 0.243 e. The number of thiazole rings is 2. The summed E-state index contributed by atoms with van der Waals surface area (Å²) in [5.41, 5.74) is 6.81. The second-order valence-electron chi connectivity index (χ2n) is 14.5. The number of aryl methyl sites for hydroxylation is 2. The fourth-order valence-corrected chi connectivity index (χ4v) is 13.2. The van der Waals surface area contributed by atoms with Crippen LogP contribution in [-0.4, -0.2) is 87.8 Å². The van der Waals surface area contributed by atoms with Crippen molar-refractivity contribution in [1.82, 2.24) is 18.6 Å². The summed E-state index contributed by atoms with van der Waals surface area (Å²) in [4.78, 5) is 14.5. The van der Waals surface area contributed by atoms with E-state index in [1.807, 2.05) is 29.6 Å². The van der Waals surface area contributed by atoms with E-state index >= 15 is 0 Å². The molecule has 0 saturated carbocycles. The molecule has 2 saturated heterocycles. The van der Waals surface area contributed by atoms with Gasteiger partial charge in [0, 0.05) is 95.0 Å². The number of rotatable bonds is 10. The van der Waals surface area contributed by atoms with Gasteiger partial charge in [0.1, 0.15) is 0 Å². The summed E-state index contributed by atoms with van der Waals surface area (Å²) in [5, 5.41) is 7.23. The molecule has 60 heavy (non-hydrogen) atoms. The molecule has 8 rings (SSSR count). The second kappa shape index (κ2) is 19.7. The van der Waals surface area contributed by atoms with Crippen LogP contribution in [0.2, 0.25) is 10.0 Å². The summed E-state index contributed by atoms with van der Waals surface area (Å²) in [6.45, 7) is 8.49. The Morgan fingerprint density at radius 2 is 1.08 bits per heavy atom.